The van der Waals surface area contributed by atoms with E-state index in [2.05, 4.69) is 15.4 Å². The zero-order valence-electron chi connectivity index (χ0n) is 20.2. The molecule has 0 fully saturated rings. The summed E-state index contributed by atoms with van der Waals surface area (Å²) in [5.74, 6) is -5.45. The molecule has 2 aromatic carbocycles. The lowest BCUT2D eigenvalue weighted by Gasteiger charge is -2.27. The predicted molar refractivity (Wildman–Crippen MR) is 134 cm³/mol. The van der Waals surface area contributed by atoms with Gasteiger partial charge in [0.15, 0.2) is 5.82 Å². The molecule has 2 heterocycles. The Labute approximate surface area is 214 Å². The number of fused-ring (bicyclic) bond motifs is 1. The third-order valence-corrected chi connectivity index (χ3v) is 6.47. The zero-order chi connectivity index (χ0) is 27.1. The van der Waals surface area contributed by atoms with Crippen LogP contribution in [0.1, 0.15) is 52.9 Å². The lowest BCUT2D eigenvalue weighted by atomic mass is 9.97. The highest BCUT2D eigenvalue weighted by Gasteiger charge is 2.41. The van der Waals surface area contributed by atoms with E-state index in [1.165, 1.54) is 10.7 Å². The van der Waals surface area contributed by atoms with Crippen LogP contribution in [0.3, 0.4) is 0 Å². The highest BCUT2D eigenvalue weighted by Crippen LogP contribution is 2.33. The maximum absolute atomic E-state index is 14.7. The van der Waals surface area contributed by atoms with Crippen LogP contribution in [0.5, 0.6) is 0 Å². The molecule has 0 aliphatic rings. The van der Waals surface area contributed by atoms with E-state index in [0.717, 1.165) is 29.8 Å². The van der Waals surface area contributed by atoms with Crippen LogP contribution in [-0.2, 0) is 0 Å². The van der Waals surface area contributed by atoms with Crippen LogP contribution in [0, 0.1) is 12.7 Å². The fraction of sp³-hybridized carbons (Fsp3) is 0.269. The molecule has 2 aromatic heterocycles. The molecule has 0 radical (unpaired) electrons. The van der Waals surface area contributed by atoms with E-state index in [0.29, 0.717) is 16.1 Å². The average Bonchev–Trinajstić information content (AvgIpc) is 3.25. The number of nitrogens with one attached hydrogen (secondary N) is 2. The number of alkyl halides is 2. The van der Waals surface area contributed by atoms with E-state index in [1.807, 2.05) is 6.92 Å². The van der Waals surface area contributed by atoms with Crippen molar-refractivity contribution in [2.45, 2.75) is 38.7 Å². The molecule has 37 heavy (non-hydrogen) atoms. The molecule has 0 saturated heterocycles. The molecule has 4 rings (SSSR count). The van der Waals surface area contributed by atoms with E-state index in [1.54, 1.807) is 32.0 Å². The second-order valence-electron chi connectivity index (χ2n) is 9.05. The highest BCUT2D eigenvalue weighted by molar-refractivity contribution is 6.31. The van der Waals surface area contributed by atoms with Gasteiger partial charge in [-0.3, -0.25) is 9.59 Å². The molecule has 1 amide bonds. The molecule has 7 nitrogen and oxygen atoms in total. The van der Waals surface area contributed by atoms with Gasteiger partial charge < -0.3 is 15.4 Å². The molecule has 0 aliphatic heterocycles. The third kappa shape index (κ3) is 5.12. The maximum atomic E-state index is 14.7. The quantitative estimate of drug-likeness (QED) is 0.311. The number of aliphatic hydroxyl groups is 1. The number of hydrogen-bond acceptors (Lipinski definition) is 4. The number of H-pyrrole nitrogens is 1. The Morgan fingerprint density at radius 1 is 1.22 bits per heavy atom. The third-order valence-electron chi connectivity index (χ3n) is 6.06. The van der Waals surface area contributed by atoms with Crippen LogP contribution in [0.25, 0.3) is 16.9 Å². The Kier molecular flexibility index (Phi) is 7.16. The minimum Gasteiger partial charge on any atom is -0.390 e. The molecule has 194 valence electrons. The second-order valence-corrected chi connectivity index (χ2v) is 9.46. The summed E-state index contributed by atoms with van der Waals surface area (Å²) in [6.45, 7) is 3.78. The number of aromatic nitrogens is 3. The molecule has 11 heteroatoms. The smallest absolute Gasteiger partial charge is 0.294 e. The standard InChI is InChI=1S/C26H24ClF3N4O3/c1-13(2)20-18(24(36)31-22(26(29,30)12-35)15-6-8-17(28)9-7-15)11-34-21(20)25(37)32-23(33-34)16-5-4-14(3)19(27)10-16/h4-11,13,22,35H,12H2,1-3H3,(H,31,36)(H,32,33,37)/t22-/m0/s1. The van der Waals surface area contributed by atoms with Crippen LogP contribution in [0.15, 0.2) is 53.5 Å². The fourth-order valence-electron chi connectivity index (χ4n) is 4.14. The molecule has 4 aromatic rings. The van der Waals surface area contributed by atoms with Crippen LogP contribution in [0.4, 0.5) is 13.2 Å². The minimum atomic E-state index is -3.75. The molecule has 0 spiro atoms. The summed E-state index contributed by atoms with van der Waals surface area (Å²) in [5.41, 5.74) is 1.12. The summed E-state index contributed by atoms with van der Waals surface area (Å²) in [4.78, 5) is 29.1. The van der Waals surface area contributed by atoms with Gasteiger partial charge in [0.25, 0.3) is 17.4 Å². The SMILES string of the molecule is Cc1ccc(-c2nn3cc(C(=O)N[C@@H](c4ccc(F)cc4)C(F)(F)CO)c(C(C)C)c3c(=O)[nH]2)cc1Cl. The minimum absolute atomic E-state index is 0.0343. The lowest BCUT2D eigenvalue weighted by molar-refractivity contribution is -0.0785. The molecular weight excluding hydrogens is 509 g/mol. The highest BCUT2D eigenvalue weighted by atomic mass is 35.5. The van der Waals surface area contributed by atoms with Gasteiger partial charge in [0.1, 0.15) is 24.0 Å². The monoisotopic (exact) mass is 532 g/mol. The van der Waals surface area contributed by atoms with Crippen molar-refractivity contribution in [1.82, 2.24) is 19.9 Å². The first-order valence-corrected chi connectivity index (χ1v) is 11.8. The number of aromatic amines is 1. The fourth-order valence-corrected chi connectivity index (χ4v) is 4.32. The van der Waals surface area contributed by atoms with Gasteiger partial charge in [-0.25, -0.2) is 17.7 Å². The number of halogens is 4. The van der Waals surface area contributed by atoms with Gasteiger partial charge in [-0.2, -0.15) is 0 Å². The van der Waals surface area contributed by atoms with E-state index >= 15 is 0 Å². The van der Waals surface area contributed by atoms with E-state index in [4.69, 9.17) is 11.6 Å². The summed E-state index contributed by atoms with van der Waals surface area (Å²) in [6.07, 6.45) is 1.30. The first-order valence-electron chi connectivity index (χ1n) is 11.4. The molecule has 0 aliphatic carbocycles. The largest absolute Gasteiger partial charge is 0.390 e. The van der Waals surface area contributed by atoms with Gasteiger partial charge in [0.05, 0.1) is 5.56 Å². The Hall–Kier alpha value is -3.63. The van der Waals surface area contributed by atoms with Crippen molar-refractivity contribution in [2.75, 3.05) is 6.61 Å². The number of hydrogen-bond donors (Lipinski definition) is 3. The van der Waals surface area contributed by atoms with Gasteiger partial charge in [0.2, 0.25) is 0 Å². The molecule has 0 bridgehead atoms. The van der Waals surface area contributed by atoms with E-state index in [9.17, 15) is 27.9 Å². The number of amides is 1. The van der Waals surface area contributed by atoms with Crippen molar-refractivity contribution in [1.29, 1.82) is 0 Å². The van der Waals surface area contributed by atoms with Crippen molar-refractivity contribution >= 4 is 23.0 Å². The van der Waals surface area contributed by atoms with E-state index in [-0.39, 0.29) is 28.4 Å². The summed E-state index contributed by atoms with van der Waals surface area (Å²) in [6, 6.07) is 7.37. The number of benzene rings is 2. The Balaban J connectivity index is 1.81. The van der Waals surface area contributed by atoms with Gasteiger partial charge >= 0.3 is 0 Å². The number of aliphatic hydroxyl groups excluding tert-OH is 1. The van der Waals surface area contributed by atoms with Gasteiger partial charge in [-0.15, -0.1) is 5.10 Å². The topological polar surface area (TPSA) is 99.5 Å². The van der Waals surface area contributed by atoms with Crippen LogP contribution >= 0.6 is 11.6 Å². The van der Waals surface area contributed by atoms with Crippen LogP contribution in [0.2, 0.25) is 5.02 Å². The van der Waals surface area contributed by atoms with Gasteiger partial charge in [-0.1, -0.05) is 49.7 Å². The van der Waals surface area contributed by atoms with Gasteiger partial charge in [-0.05, 0) is 42.2 Å². The maximum Gasteiger partial charge on any atom is 0.294 e. The molecule has 0 saturated carbocycles. The summed E-state index contributed by atoms with van der Waals surface area (Å²) in [7, 11) is 0. The summed E-state index contributed by atoms with van der Waals surface area (Å²) < 4.78 is 44.0. The molecule has 0 unspecified atom stereocenters. The normalized spacial score (nSPS) is 12.8. The molecule has 3 N–H and O–H groups in total. The van der Waals surface area contributed by atoms with Crippen molar-refractivity contribution in [3.8, 4) is 11.4 Å². The van der Waals surface area contributed by atoms with Crippen molar-refractivity contribution in [3.05, 3.63) is 92.1 Å². The Morgan fingerprint density at radius 2 is 1.89 bits per heavy atom. The first kappa shape index (κ1) is 26.4. The number of carbonyl (C=O) groups excluding carboxylic acids is 1. The van der Waals surface area contributed by atoms with Gasteiger partial charge in [0, 0.05) is 22.3 Å². The Bertz CT molecular complexity index is 1530. The second kappa shape index (κ2) is 10.0. The average molecular weight is 533 g/mol. The summed E-state index contributed by atoms with van der Waals surface area (Å²) in [5, 5.41) is 16.4. The van der Waals surface area contributed by atoms with Crippen LogP contribution in [-0.4, -0.2) is 38.1 Å². The summed E-state index contributed by atoms with van der Waals surface area (Å²) >= 11 is 6.21. The van der Waals surface area contributed by atoms with Crippen molar-refractivity contribution in [3.63, 3.8) is 0 Å². The molecule has 1 atom stereocenters. The number of carbonyl (C=O) groups is 1. The van der Waals surface area contributed by atoms with Crippen molar-refractivity contribution < 1.29 is 23.1 Å². The predicted octanol–water partition coefficient (Wildman–Crippen LogP) is 5.01. The number of aryl methyl sites for hydroxylation is 1. The first-order chi connectivity index (χ1) is 17.4. The van der Waals surface area contributed by atoms with Crippen molar-refractivity contribution in [2.24, 2.45) is 0 Å². The number of nitrogens with zero attached hydrogens (tertiary/aromatic N) is 2. The lowest BCUT2D eigenvalue weighted by Crippen LogP contribution is -2.43. The molecular formula is C26H24ClF3N4O3. The number of rotatable bonds is 7. The zero-order valence-corrected chi connectivity index (χ0v) is 20.9. The van der Waals surface area contributed by atoms with Crippen LogP contribution < -0.4 is 10.9 Å². The Morgan fingerprint density at radius 3 is 2.49 bits per heavy atom. The van der Waals surface area contributed by atoms with E-state index < -0.39 is 35.9 Å².